The van der Waals surface area contributed by atoms with Crippen LogP contribution in [-0.2, 0) is 4.79 Å². The molecule has 0 aliphatic heterocycles. The van der Waals surface area contributed by atoms with Crippen LogP contribution in [0.5, 0.6) is 5.75 Å². The summed E-state index contributed by atoms with van der Waals surface area (Å²) in [4.78, 5) is 11.2. The van der Waals surface area contributed by atoms with Gasteiger partial charge in [-0.1, -0.05) is 12.2 Å². The molecule has 0 saturated heterocycles. The van der Waals surface area contributed by atoms with E-state index in [1.54, 1.807) is 32.2 Å². The second-order valence-corrected chi connectivity index (χ2v) is 3.98. The molecular formula is C11H15N3O2S. The Labute approximate surface area is 105 Å². The Hall–Kier alpha value is -1.82. The first-order valence-electron chi connectivity index (χ1n) is 4.99. The Morgan fingerprint density at radius 1 is 1.47 bits per heavy atom. The zero-order valence-electron chi connectivity index (χ0n) is 9.69. The molecule has 5 N–H and O–H groups in total. The zero-order valence-corrected chi connectivity index (χ0v) is 10.5. The van der Waals surface area contributed by atoms with Gasteiger partial charge in [0.05, 0.1) is 7.11 Å². The van der Waals surface area contributed by atoms with Crippen LogP contribution in [0.2, 0.25) is 0 Å². The molecule has 0 aliphatic rings. The number of carbonyl (C=O) groups is 1. The van der Waals surface area contributed by atoms with Crippen molar-refractivity contribution in [1.82, 2.24) is 0 Å². The highest BCUT2D eigenvalue weighted by molar-refractivity contribution is 7.80. The molecule has 1 amide bonds. The van der Waals surface area contributed by atoms with E-state index in [1.165, 1.54) is 0 Å². The normalized spacial score (nSPS) is 11.6. The highest BCUT2D eigenvalue weighted by atomic mass is 32.1. The lowest BCUT2D eigenvalue weighted by atomic mass is 10.1. The molecule has 0 fully saturated rings. The summed E-state index contributed by atoms with van der Waals surface area (Å²) < 4.78 is 5.09. The van der Waals surface area contributed by atoms with Gasteiger partial charge in [0.15, 0.2) is 0 Å². The number of amides is 1. The van der Waals surface area contributed by atoms with E-state index in [0.29, 0.717) is 17.0 Å². The maximum absolute atomic E-state index is 11.0. The van der Waals surface area contributed by atoms with E-state index in [9.17, 15) is 4.79 Å². The largest absolute Gasteiger partial charge is 0.497 e. The van der Waals surface area contributed by atoms with Crippen molar-refractivity contribution in [2.24, 2.45) is 11.5 Å². The molecule has 92 valence electrons. The first-order valence-corrected chi connectivity index (χ1v) is 5.40. The van der Waals surface area contributed by atoms with E-state index >= 15 is 0 Å². The summed E-state index contributed by atoms with van der Waals surface area (Å²) in [6.45, 7) is 1.66. The van der Waals surface area contributed by atoms with Crippen LogP contribution in [0, 0.1) is 0 Å². The minimum atomic E-state index is -0.518. The SMILES string of the molecule is COc1ccc(C(N)=S)c(NC(C)C(N)=O)c1. The fourth-order valence-electron chi connectivity index (χ4n) is 1.29. The van der Waals surface area contributed by atoms with E-state index in [2.05, 4.69) is 5.32 Å². The van der Waals surface area contributed by atoms with Crippen molar-refractivity contribution in [1.29, 1.82) is 0 Å². The van der Waals surface area contributed by atoms with Crippen LogP contribution in [0.25, 0.3) is 0 Å². The molecule has 1 aromatic rings. The number of ether oxygens (including phenoxy) is 1. The van der Waals surface area contributed by atoms with Gasteiger partial charge in [-0.15, -0.1) is 0 Å². The molecule has 1 aromatic carbocycles. The second-order valence-electron chi connectivity index (χ2n) is 3.54. The van der Waals surface area contributed by atoms with Crippen molar-refractivity contribution in [2.45, 2.75) is 13.0 Å². The third-order valence-electron chi connectivity index (χ3n) is 2.29. The molecule has 6 heteroatoms. The fraction of sp³-hybridized carbons (Fsp3) is 0.273. The number of primary amides is 1. The lowest BCUT2D eigenvalue weighted by molar-refractivity contribution is -0.118. The van der Waals surface area contributed by atoms with Gasteiger partial charge >= 0.3 is 0 Å². The van der Waals surface area contributed by atoms with Gasteiger partial charge in [-0.25, -0.2) is 0 Å². The molecule has 0 aliphatic carbocycles. The van der Waals surface area contributed by atoms with Crippen molar-refractivity contribution >= 4 is 28.8 Å². The molecule has 0 radical (unpaired) electrons. The molecule has 0 heterocycles. The first-order chi connectivity index (χ1) is 7.95. The van der Waals surface area contributed by atoms with E-state index in [4.69, 9.17) is 28.4 Å². The van der Waals surface area contributed by atoms with Crippen LogP contribution < -0.4 is 21.5 Å². The summed E-state index contributed by atoms with van der Waals surface area (Å²) in [6, 6.07) is 4.68. The van der Waals surface area contributed by atoms with Crippen LogP contribution in [0.1, 0.15) is 12.5 Å². The Balaban J connectivity index is 3.09. The van der Waals surface area contributed by atoms with E-state index in [1.807, 2.05) is 0 Å². The quantitative estimate of drug-likeness (QED) is 0.669. The zero-order chi connectivity index (χ0) is 13.0. The van der Waals surface area contributed by atoms with Crippen LogP contribution in [-0.4, -0.2) is 24.0 Å². The number of hydrogen-bond acceptors (Lipinski definition) is 4. The summed E-state index contributed by atoms with van der Waals surface area (Å²) >= 11 is 4.93. The Morgan fingerprint density at radius 2 is 2.12 bits per heavy atom. The first kappa shape index (κ1) is 13.2. The van der Waals surface area contributed by atoms with Crippen molar-refractivity contribution in [3.63, 3.8) is 0 Å². The van der Waals surface area contributed by atoms with Crippen LogP contribution in [0.15, 0.2) is 18.2 Å². The molecule has 0 aromatic heterocycles. The average molecular weight is 253 g/mol. The number of nitrogens with one attached hydrogen (secondary N) is 1. The Morgan fingerprint density at radius 3 is 2.59 bits per heavy atom. The van der Waals surface area contributed by atoms with E-state index < -0.39 is 11.9 Å². The van der Waals surface area contributed by atoms with Gasteiger partial charge in [-0.3, -0.25) is 4.79 Å². The predicted octanol–water partition coefficient (Wildman–Crippen LogP) is 0.615. The third kappa shape index (κ3) is 3.32. The number of anilines is 1. The monoisotopic (exact) mass is 253 g/mol. The number of hydrogen-bond donors (Lipinski definition) is 3. The van der Waals surface area contributed by atoms with E-state index in [-0.39, 0.29) is 4.99 Å². The van der Waals surface area contributed by atoms with Gasteiger partial charge in [-0.2, -0.15) is 0 Å². The molecular weight excluding hydrogens is 238 g/mol. The van der Waals surface area contributed by atoms with Crippen LogP contribution in [0.4, 0.5) is 5.69 Å². The maximum Gasteiger partial charge on any atom is 0.239 e. The summed E-state index contributed by atoms with van der Waals surface area (Å²) in [6.07, 6.45) is 0. The van der Waals surface area contributed by atoms with Gasteiger partial charge in [0.2, 0.25) is 5.91 Å². The smallest absolute Gasteiger partial charge is 0.239 e. The van der Waals surface area contributed by atoms with Crippen LogP contribution in [0.3, 0.4) is 0 Å². The Bertz CT molecular complexity index is 448. The second kappa shape index (κ2) is 5.49. The summed E-state index contributed by atoms with van der Waals surface area (Å²) in [7, 11) is 1.55. The van der Waals surface area contributed by atoms with Crippen molar-refractivity contribution in [3.05, 3.63) is 23.8 Å². The van der Waals surface area contributed by atoms with Crippen molar-refractivity contribution in [2.75, 3.05) is 12.4 Å². The Kier molecular flexibility index (Phi) is 4.28. The van der Waals surface area contributed by atoms with Gasteiger partial charge in [-0.05, 0) is 19.1 Å². The van der Waals surface area contributed by atoms with Crippen molar-refractivity contribution < 1.29 is 9.53 Å². The minimum Gasteiger partial charge on any atom is -0.497 e. The fourth-order valence-corrected chi connectivity index (χ4v) is 1.47. The van der Waals surface area contributed by atoms with Gasteiger partial charge in [0.1, 0.15) is 16.8 Å². The minimum absolute atomic E-state index is 0.242. The molecule has 0 saturated carbocycles. The molecule has 5 nitrogen and oxygen atoms in total. The van der Waals surface area contributed by atoms with Gasteiger partial charge in [0, 0.05) is 17.3 Å². The highest BCUT2D eigenvalue weighted by Crippen LogP contribution is 2.23. The number of methoxy groups -OCH3 is 1. The third-order valence-corrected chi connectivity index (χ3v) is 2.51. The molecule has 1 unspecified atom stereocenters. The molecule has 1 rings (SSSR count). The van der Waals surface area contributed by atoms with E-state index in [0.717, 1.165) is 0 Å². The van der Waals surface area contributed by atoms with Crippen LogP contribution >= 0.6 is 12.2 Å². The summed E-state index contributed by atoms with van der Waals surface area (Å²) in [5.74, 6) is 0.186. The number of thiocarbonyl (C=S) groups is 1. The maximum atomic E-state index is 11.0. The number of carbonyl (C=O) groups excluding carboxylic acids is 1. The predicted molar refractivity (Wildman–Crippen MR) is 71.2 cm³/mol. The number of benzene rings is 1. The van der Waals surface area contributed by atoms with Gasteiger partial charge < -0.3 is 21.5 Å². The standard InChI is InChI=1S/C11H15N3O2S/c1-6(10(12)15)14-9-5-7(16-2)3-4-8(9)11(13)17/h3-6,14H,1-2H3,(H2,12,15)(H2,13,17). The molecule has 0 spiro atoms. The average Bonchev–Trinajstić information content (AvgIpc) is 2.28. The summed E-state index contributed by atoms with van der Waals surface area (Å²) in [5, 5.41) is 2.94. The summed E-state index contributed by atoms with van der Waals surface area (Å²) in [5.41, 5.74) is 12.1. The molecule has 0 bridgehead atoms. The highest BCUT2D eigenvalue weighted by Gasteiger charge is 2.12. The number of nitrogens with two attached hydrogens (primary N) is 2. The lowest BCUT2D eigenvalue weighted by Gasteiger charge is -2.16. The molecule has 17 heavy (non-hydrogen) atoms. The molecule has 1 atom stereocenters. The number of rotatable bonds is 5. The van der Waals surface area contributed by atoms with Crippen molar-refractivity contribution in [3.8, 4) is 5.75 Å². The topological polar surface area (TPSA) is 90.4 Å². The lowest BCUT2D eigenvalue weighted by Crippen LogP contribution is -2.33. The van der Waals surface area contributed by atoms with Gasteiger partial charge in [0.25, 0.3) is 0 Å².